The summed E-state index contributed by atoms with van der Waals surface area (Å²) in [5.41, 5.74) is 0.535. The van der Waals surface area contributed by atoms with Gasteiger partial charge in [-0.05, 0) is 46.4 Å². The predicted octanol–water partition coefficient (Wildman–Crippen LogP) is 1.00. The standard InChI is InChI=1S/C13H21N5O/c1-12(2)9-4-5-13(12,3)10(6-9)15-11(19)7-18-8-14-16-17-18/h8-10H,4-7H2,1-3H3,(H,15,19). The van der Waals surface area contributed by atoms with E-state index in [0.717, 1.165) is 12.3 Å². The summed E-state index contributed by atoms with van der Waals surface area (Å²) >= 11 is 0. The zero-order valence-electron chi connectivity index (χ0n) is 11.8. The van der Waals surface area contributed by atoms with Gasteiger partial charge in [0.1, 0.15) is 12.9 Å². The molecule has 1 heterocycles. The van der Waals surface area contributed by atoms with Gasteiger partial charge in [-0.1, -0.05) is 20.8 Å². The van der Waals surface area contributed by atoms with E-state index in [1.165, 1.54) is 23.9 Å². The van der Waals surface area contributed by atoms with Gasteiger partial charge in [-0.3, -0.25) is 4.79 Å². The lowest BCUT2D eigenvalue weighted by Crippen LogP contribution is -2.47. The first-order valence-electron chi connectivity index (χ1n) is 6.93. The third-order valence-electron chi connectivity index (χ3n) is 5.83. The number of amides is 1. The second-order valence-electron chi connectivity index (χ2n) is 6.74. The first-order chi connectivity index (χ1) is 8.93. The number of hydrogen-bond acceptors (Lipinski definition) is 4. The second kappa shape index (κ2) is 4.02. The Kier molecular flexibility index (Phi) is 2.66. The van der Waals surface area contributed by atoms with Crippen LogP contribution in [0.1, 0.15) is 40.0 Å². The molecule has 1 N–H and O–H groups in total. The zero-order chi connectivity index (χ0) is 13.7. The van der Waals surface area contributed by atoms with Gasteiger partial charge < -0.3 is 5.32 Å². The molecule has 6 heteroatoms. The van der Waals surface area contributed by atoms with Crippen molar-refractivity contribution >= 4 is 5.91 Å². The van der Waals surface area contributed by atoms with Crippen molar-refractivity contribution in [1.29, 1.82) is 0 Å². The maximum Gasteiger partial charge on any atom is 0.242 e. The maximum absolute atomic E-state index is 12.1. The minimum absolute atomic E-state index is 0.00174. The van der Waals surface area contributed by atoms with E-state index in [1.807, 2.05) is 0 Å². The molecule has 3 unspecified atom stereocenters. The van der Waals surface area contributed by atoms with E-state index < -0.39 is 0 Å². The third-order valence-corrected chi connectivity index (χ3v) is 5.83. The number of carbonyl (C=O) groups excluding carboxylic acids is 1. The van der Waals surface area contributed by atoms with E-state index in [1.54, 1.807) is 0 Å². The third kappa shape index (κ3) is 1.76. The summed E-state index contributed by atoms with van der Waals surface area (Å²) in [4.78, 5) is 12.1. The number of aromatic nitrogens is 4. The number of fused-ring (bicyclic) bond motifs is 2. The van der Waals surface area contributed by atoms with E-state index in [4.69, 9.17) is 0 Å². The zero-order valence-corrected chi connectivity index (χ0v) is 11.8. The van der Waals surface area contributed by atoms with Crippen molar-refractivity contribution in [3.05, 3.63) is 6.33 Å². The Morgan fingerprint density at radius 1 is 1.47 bits per heavy atom. The molecule has 0 aliphatic heterocycles. The van der Waals surface area contributed by atoms with Crippen LogP contribution in [0.3, 0.4) is 0 Å². The fourth-order valence-electron chi connectivity index (χ4n) is 4.06. The van der Waals surface area contributed by atoms with Crippen LogP contribution >= 0.6 is 0 Å². The summed E-state index contributed by atoms with van der Waals surface area (Å²) in [6.07, 6.45) is 5.07. The normalized spacial score (nSPS) is 35.5. The van der Waals surface area contributed by atoms with Gasteiger partial charge in [0, 0.05) is 6.04 Å². The average molecular weight is 263 g/mol. The first kappa shape index (κ1) is 12.6. The van der Waals surface area contributed by atoms with Crippen LogP contribution in [0, 0.1) is 16.7 Å². The average Bonchev–Trinajstić information content (AvgIpc) is 2.95. The van der Waals surface area contributed by atoms with Gasteiger partial charge in [-0.15, -0.1) is 5.10 Å². The van der Waals surface area contributed by atoms with Crippen molar-refractivity contribution in [2.75, 3.05) is 0 Å². The van der Waals surface area contributed by atoms with E-state index in [-0.39, 0.29) is 23.9 Å². The molecule has 1 aromatic heterocycles. The van der Waals surface area contributed by atoms with E-state index in [9.17, 15) is 4.79 Å². The monoisotopic (exact) mass is 263 g/mol. The molecule has 6 nitrogen and oxygen atoms in total. The van der Waals surface area contributed by atoms with Crippen molar-refractivity contribution in [3.63, 3.8) is 0 Å². The van der Waals surface area contributed by atoms with Gasteiger partial charge in [-0.25, -0.2) is 4.68 Å². The molecule has 2 aliphatic carbocycles. The molecule has 2 aliphatic rings. The number of hydrogen-bond donors (Lipinski definition) is 1. The largest absolute Gasteiger partial charge is 0.351 e. The molecule has 0 spiro atoms. The molecule has 0 radical (unpaired) electrons. The van der Waals surface area contributed by atoms with Gasteiger partial charge in [0.15, 0.2) is 0 Å². The molecule has 19 heavy (non-hydrogen) atoms. The number of nitrogens with zero attached hydrogens (tertiary/aromatic N) is 4. The lowest BCUT2D eigenvalue weighted by atomic mass is 9.69. The number of nitrogens with one attached hydrogen (secondary N) is 1. The Labute approximate surface area is 112 Å². The van der Waals surface area contributed by atoms with Crippen LogP contribution < -0.4 is 5.32 Å². The molecular formula is C13H21N5O. The molecule has 104 valence electrons. The molecule has 2 bridgehead atoms. The smallest absolute Gasteiger partial charge is 0.242 e. The summed E-state index contributed by atoms with van der Waals surface area (Å²) < 4.78 is 1.45. The SMILES string of the molecule is CC1(C)C2CCC1(C)C(NC(=O)Cn1cnnn1)C2. The van der Waals surface area contributed by atoms with Crippen molar-refractivity contribution in [2.24, 2.45) is 16.7 Å². The molecule has 3 atom stereocenters. The maximum atomic E-state index is 12.1. The van der Waals surface area contributed by atoms with Crippen LogP contribution in [-0.2, 0) is 11.3 Å². The van der Waals surface area contributed by atoms with Gasteiger partial charge in [0.25, 0.3) is 0 Å². The van der Waals surface area contributed by atoms with Crippen molar-refractivity contribution in [2.45, 2.75) is 52.6 Å². The van der Waals surface area contributed by atoms with Gasteiger partial charge in [0.2, 0.25) is 5.91 Å². The highest BCUT2D eigenvalue weighted by atomic mass is 16.2. The highest BCUT2D eigenvalue weighted by Crippen LogP contribution is 2.65. The lowest BCUT2D eigenvalue weighted by molar-refractivity contribution is -0.123. The number of rotatable bonds is 3. The molecule has 3 rings (SSSR count). The minimum Gasteiger partial charge on any atom is -0.351 e. The molecule has 1 aromatic rings. The fourth-order valence-corrected chi connectivity index (χ4v) is 4.06. The van der Waals surface area contributed by atoms with Gasteiger partial charge in [-0.2, -0.15) is 0 Å². The topological polar surface area (TPSA) is 72.7 Å². The molecular weight excluding hydrogens is 242 g/mol. The Balaban J connectivity index is 1.67. The van der Waals surface area contributed by atoms with Crippen molar-refractivity contribution < 1.29 is 4.79 Å². The summed E-state index contributed by atoms with van der Waals surface area (Å²) in [5.74, 6) is 0.734. The van der Waals surface area contributed by atoms with Crippen LogP contribution in [0.5, 0.6) is 0 Å². The predicted molar refractivity (Wildman–Crippen MR) is 69.0 cm³/mol. The summed E-state index contributed by atoms with van der Waals surface area (Å²) in [6, 6.07) is 0.283. The lowest BCUT2D eigenvalue weighted by Gasteiger charge is -2.39. The van der Waals surface area contributed by atoms with E-state index in [2.05, 4.69) is 41.6 Å². The minimum atomic E-state index is 0.00174. The molecule has 2 fully saturated rings. The molecule has 2 saturated carbocycles. The Morgan fingerprint density at radius 3 is 2.79 bits per heavy atom. The Bertz CT molecular complexity index is 483. The number of tetrazole rings is 1. The second-order valence-corrected chi connectivity index (χ2v) is 6.74. The summed E-state index contributed by atoms with van der Waals surface area (Å²) in [5, 5.41) is 14.0. The molecule has 0 aromatic carbocycles. The molecule has 1 amide bonds. The van der Waals surface area contributed by atoms with Crippen LogP contribution in [0.2, 0.25) is 0 Å². The van der Waals surface area contributed by atoms with Crippen LogP contribution in [0.25, 0.3) is 0 Å². The van der Waals surface area contributed by atoms with Crippen LogP contribution in [0.4, 0.5) is 0 Å². The quantitative estimate of drug-likeness (QED) is 0.883. The summed E-state index contributed by atoms with van der Waals surface area (Å²) in [6.45, 7) is 7.21. The van der Waals surface area contributed by atoms with E-state index in [0.29, 0.717) is 5.41 Å². The number of carbonyl (C=O) groups is 1. The Morgan fingerprint density at radius 2 is 2.26 bits per heavy atom. The van der Waals surface area contributed by atoms with Crippen LogP contribution in [0.15, 0.2) is 6.33 Å². The highest BCUT2D eigenvalue weighted by molar-refractivity contribution is 5.76. The van der Waals surface area contributed by atoms with E-state index >= 15 is 0 Å². The highest BCUT2D eigenvalue weighted by Gasteiger charge is 2.61. The van der Waals surface area contributed by atoms with Gasteiger partial charge >= 0.3 is 0 Å². The Hall–Kier alpha value is -1.46. The first-order valence-corrected chi connectivity index (χ1v) is 6.93. The van der Waals surface area contributed by atoms with Crippen molar-refractivity contribution in [1.82, 2.24) is 25.5 Å². The van der Waals surface area contributed by atoms with Crippen molar-refractivity contribution in [3.8, 4) is 0 Å². The molecule has 0 saturated heterocycles. The van der Waals surface area contributed by atoms with Crippen LogP contribution in [-0.4, -0.2) is 32.2 Å². The fraction of sp³-hybridized carbons (Fsp3) is 0.846. The van der Waals surface area contributed by atoms with Gasteiger partial charge in [0.05, 0.1) is 0 Å². The summed E-state index contributed by atoms with van der Waals surface area (Å²) in [7, 11) is 0.